The van der Waals surface area contributed by atoms with Crippen LogP contribution in [0.4, 0.5) is 5.69 Å². The Bertz CT molecular complexity index is 1440. The largest absolute Gasteiger partial charge is 0.465 e. The van der Waals surface area contributed by atoms with Crippen LogP contribution in [0.5, 0.6) is 0 Å². The molecule has 1 heterocycles. The van der Waals surface area contributed by atoms with Crippen molar-refractivity contribution < 1.29 is 14.3 Å². The third-order valence-electron chi connectivity index (χ3n) is 7.27. The number of methoxy groups -OCH3 is 1. The molecule has 0 radical (unpaired) electrons. The smallest absolute Gasteiger partial charge is 0.337 e. The molecule has 3 atom stereocenters. The van der Waals surface area contributed by atoms with E-state index in [1.54, 1.807) is 0 Å². The van der Waals surface area contributed by atoms with Crippen LogP contribution in [-0.4, -0.2) is 30.5 Å². The van der Waals surface area contributed by atoms with Gasteiger partial charge in [-0.3, -0.25) is 4.79 Å². The molecule has 0 bridgehead atoms. The third kappa shape index (κ3) is 6.05. The lowest BCUT2D eigenvalue weighted by Crippen LogP contribution is -2.29. The first kappa shape index (κ1) is 27.0. The number of thioether (sulfide) groups is 1. The Balaban J connectivity index is 1.25. The molecule has 8 heteroatoms. The minimum atomic E-state index is -0.333. The van der Waals surface area contributed by atoms with Crippen molar-refractivity contribution in [1.82, 2.24) is 5.43 Å². The summed E-state index contributed by atoms with van der Waals surface area (Å²) >= 11 is 7.70. The van der Waals surface area contributed by atoms with Crippen molar-refractivity contribution in [2.24, 2.45) is 11.0 Å². The summed E-state index contributed by atoms with van der Waals surface area (Å²) in [4.78, 5) is 24.2. The number of hydrogen-bond donors (Lipinski definition) is 2. The average Bonchev–Trinajstić information content (AvgIpc) is 3.46. The number of rotatable bonds is 8. The fourth-order valence-electron chi connectivity index (χ4n) is 5.21. The van der Waals surface area contributed by atoms with Gasteiger partial charge in [0.15, 0.2) is 0 Å². The third-order valence-corrected chi connectivity index (χ3v) is 8.62. The number of benzene rings is 3. The van der Waals surface area contributed by atoms with Gasteiger partial charge in [0.05, 0.1) is 30.2 Å². The summed E-state index contributed by atoms with van der Waals surface area (Å²) in [5.74, 6) is 1.12. The maximum absolute atomic E-state index is 12.4. The fourth-order valence-corrected chi connectivity index (χ4v) is 6.31. The van der Waals surface area contributed by atoms with Crippen LogP contribution in [-0.2, 0) is 15.3 Å². The Morgan fingerprint density at radius 2 is 1.87 bits per heavy atom. The first-order valence-corrected chi connectivity index (χ1v) is 14.4. The highest BCUT2D eigenvalue weighted by Gasteiger charge is 2.38. The number of carbonyl (C=O) groups is 2. The number of fused-ring (bicyclic) bond motifs is 3. The van der Waals surface area contributed by atoms with Gasteiger partial charge in [-0.1, -0.05) is 60.2 Å². The zero-order valence-electron chi connectivity index (χ0n) is 21.8. The van der Waals surface area contributed by atoms with Crippen LogP contribution < -0.4 is 10.7 Å². The Labute approximate surface area is 237 Å². The molecule has 0 saturated heterocycles. The predicted molar refractivity (Wildman–Crippen MR) is 159 cm³/mol. The highest BCUT2D eigenvalue weighted by atomic mass is 35.5. The number of carbonyl (C=O) groups excluding carboxylic acids is 2. The number of allylic oxidation sites excluding steroid dienone is 2. The molecule has 5 rings (SSSR count). The number of ether oxygens (including phenoxy) is 1. The van der Waals surface area contributed by atoms with Gasteiger partial charge in [-0.25, -0.2) is 10.2 Å². The zero-order chi connectivity index (χ0) is 27.4. The monoisotopic (exact) mass is 559 g/mol. The van der Waals surface area contributed by atoms with Crippen molar-refractivity contribution in [3.05, 3.63) is 112 Å². The van der Waals surface area contributed by atoms with E-state index in [0.717, 1.165) is 34.5 Å². The molecule has 0 fully saturated rings. The number of esters is 1. The normalized spacial score (nSPS) is 19.6. The van der Waals surface area contributed by atoms with Gasteiger partial charge in [-0.15, -0.1) is 11.8 Å². The topological polar surface area (TPSA) is 79.8 Å². The molecule has 6 nitrogen and oxygen atoms in total. The summed E-state index contributed by atoms with van der Waals surface area (Å²) in [5, 5.41) is 8.80. The molecule has 1 aliphatic heterocycles. The SMILES string of the molecule is COC(=O)c1ccc([C@@H]2Nc3ccc(/C(C)=N\NC(=O)CSCc4ccccc4Cl)cc3[C@@H]3C=CC[C@@H]32)cc1. The van der Waals surface area contributed by atoms with E-state index in [1.165, 1.54) is 24.4 Å². The predicted octanol–water partition coefficient (Wildman–Crippen LogP) is 6.73. The van der Waals surface area contributed by atoms with E-state index in [-0.39, 0.29) is 23.8 Å². The summed E-state index contributed by atoms with van der Waals surface area (Å²) in [5.41, 5.74) is 9.42. The second-order valence-corrected chi connectivity index (χ2v) is 11.1. The summed E-state index contributed by atoms with van der Waals surface area (Å²) in [6, 6.07) is 21.7. The van der Waals surface area contributed by atoms with E-state index >= 15 is 0 Å². The zero-order valence-corrected chi connectivity index (χ0v) is 23.4. The number of amides is 1. The molecule has 0 aromatic heterocycles. The highest BCUT2D eigenvalue weighted by molar-refractivity contribution is 7.99. The maximum Gasteiger partial charge on any atom is 0.337 e. The standard InChI is InChI=1S/C31H30ClN3O3S/c1-19(34-35-29(36)18-39-17-23-6-3-4-9-27(23)32)22-14-15-28-26(16-22)24-7-5-8-25(24)30(33-28)20-10-12-21(13-11-20)31(37)38-2/h3-7,9-16,24-25,30,33H,8,17-18H2,1-2H3,(H,35,36)/b34-19-/t24-,25+,30+/m1/s1. The number of anilines is 1. The average molecular weight is 560 g/mol. The molecule has 0 spiro atoms. The summed E-state index contributed by atoms with van der Waals surface area (Å²) < 4.78 is 4.83. The van der Waals surface area contributed by atoms with E-state index in [9.17, 15) is 9.59 Å². The molecule has 0 unspecified atom stereocenters. The van der Waals surface area contributed by atoms with E-state index < -0.39 is 0 Å². The number of nitrogens with one attached hydrogen (secondary N) is 2. The molecule has 1 aliphatic carbocycles. The minimum Gasteiger partial charge on any atom is -0.465 e. The van der Waals surface area contributed by atoms with E-state index in [0.29, 0.717) is 28.0 Å². The molecule has 200 valence electrons. The van der Waals surface area contributed by atoms with Gasteiger partial charge in [0, 0.05) is 22.4 Å². The number of halogens is 1. The molecule has 2 aliphatic rings. The molecule has 39 heavy (non-hydrogen) atoms. The Morgan fingerprint density at radius 3 is 2.64 bits per heavy atom. The maximum atomic E-state index is 12.4. The summed E-state index contributed by atoms with van der Waals surface area (Å²) in [7, 11) is 1.39. The first-order chi connectivity index (χ1) is 18.9. The second kappa shape index (κ2) is 12.1. The molecular formula is C31H30ClN3O3S. The van der Waals surface area contributed by atoms with Crippen molar-refractivity contribution in [3.8, 4) is 0 Å². The first-order valence-electron chi connectivity index (χ1n) is 12.8. The molecule has 1 amide bonds. The summed E-state index contributed by atoms with van der Waals surface area (Å²) in [6.07, 6.45) is 5.50. The Hall–Kier alpha value is -3.55. The van der Waals surface area contributed by atoms with Gasteiger partial charge < -0.3 is 10.1 Å². The molecule has 3 aromatic carbocycles. The lowest BCUT2D eigenvalue weighted by atomic mass is 9.76. The van der Waals surface area contributed by atoms with Crippen LogP contribution in [0.15, 0.2) is 84.0 Å². The summed E-state index contributed by atoms with van der Waals surface area (Å²) in [6.45, 7) is 1.91. The molecular weight excluding hydrogens is 530 g/mol. The van der Waals surface area contributed by atoms with Crippen LogP contribution >= 0.6 is 23.4 Å². The minimum absolute atomic E-state index is 0.132. The van der Waals surface area contributed by atoms with Crippen molar-refractivity contribution in [2.45, 2.75) is 31.1 Å². The fraction of sp³-hybridized carbons (Fsp3) is 0.258. The van der Waals surface area contributed by atoms with Gasteiger partial charge >= 0.3 is 5.97 Å². The van der Waals surface area contributed by atoms with Crippen LogP contribution in [0.25, 0.3) is 0 Å². The second-order valence-electron chi connectivity index (χ2n) is 9.71. The molecule has 3 aromatic rings. The van der Waals surface area contributed by atoms with Crippen molar-refractivity contribution in [1.29, 1.82) is 0 Å². The van der Waals surface area contributed by atoms with Gasteiger partial charge in [-0.05, 0) is 71.8 Å². The molecule has 0 saturated carbocycles. The van der Waals surface area contributed by atoms with Crippen molar-refractivity contribution in [3.63, 3.8) is 0 Å². The van der Waals surface area contributed by atoms with E-state index in [2.05, 4.69) is 40.1 Å². The van der Waals surface area contributed by atoms with Crippen LogP contribution in [0.2, 0.25) is 5.02 Å². The lowest BCUT2D eigenvalue weighted by molar-refractivity contribution is -0.118. The van der Waals surface area contributed by atoms with Gasteiger partial charge in [0.1, 0.15) is 0 Å². The van der Waals surface area contributed by atoms with Crippen LogP contribution in [0, 0.1) is 5.92 Å². The number of nitrogens with zero attached hydrogens (tertiary/aromatic N) is 1. The van der Waals surface area contributed by atoms with E-state index in [4.69, 9.17) is 16.3 Å². The van der Waals surface area contributed by atoms with Gasteiger partial charge in [0.2, 0.25) is 5.91 Å². The van der Waals surface area contributed by atoms with Crippen molar-refractivity contribution in [2.75, 3.05) is 18.2 Å². The Morgan fingerprint density at radius 1 is 1.10 bits per heavy atom. The van der Waals surface area contributed by atoms with Crippen LogP contribution in [0.1, 0.15) is 57.9 Å². The molecule has 2 N–H and O–H groups in total. The van der Waals surface area contributed by atoms with Crippen LogP contribution in [0.3, 0.4) is 0 Å². The number of hydrogen-bond acceptors (Lipinski definition) is 6. The number of hydrazone groups is 1. The highest BCUT2D eigenvalue weighted by Crippen LogP contribution is 2.50. The lowest BCUT2D eigenvalue weighted by Gasteiger charge is -2.37. The Kier molecular flexibility index (Phi) is 8.38. The van der Waals surface area contributed by atoms with Crippen molar-refractivity contribution >= 4 is 46.6 Å². The quantitative estimate of drug-likeness (QED) is 0.138. The van der Waals surface area contributed by atoms with E-state index in [1.807, 2.05) is 61.5 Å². The van der Waals surface area contributed by atoms with Gasteiger partial charge in [-0.2, -0.15) is 5.10 Å². The van der Waals surface area contributed by atoms with Gasteiger partial charge in [0.25, 0.3) is 0 Å².